The fraction of sp³-hybridized carbons (Fsp3) is 0.257. The number of hydrogen-bond acceptors (Lipinski definition) is 8. The van der Waals surface area contributed by atoms with Gasteiger partial charge in [-0.3, -0.25) is 14.8 Å². The molecule has 2 aliphatic rings. The molecule has 2 saturated heterocycles. The zero-order chi connectivity index (χ0) is 30.5. The number of fused-ring (bicyclic) bond motifs is 2. The largest absolute Gasteiger partial charge is 0.497 e. The second-order valence-electron chi connectivity index (χ2n) is 11.0. The molecule has 0 unspecified atom stereocenters. The fourth-order valence-corrected chi connectivity index (χ4v) is 7.48. The first kappa shape index (κ1) is 29.4. The van der Waals surface area contributed by atoms with Crippen molar-refractivity contribution in [1.82, 2.24) is 9.88 Å². The first-order valence-electron chi connectivity index (χ1n) is 14.7. The highest BCUT2D eigenvalue weighted by Gasteiger charge is 2.46. The summed E-state index contributed by atoms with van der Waals surface area (Å²) < 4.78 is 11.4. The number of piperidine rings is 1. The Balaban J connectivity index is 1.13. The second kappa shape index (κ2) is 13.3. The lowest BCUT2D eigenvalue weighted by Gasteiger charge is -2.38. The normalized spacial score (nSPS) is 20.9. The number of methoxy groups -OCH3 is 1. The van der Waals surface area contributed by atoms with E-state index in [0.29, 0.717) is 18.2 Å². The third-order valence-corrected chi connectivity index (χ3v) is 9.75. The van der Waals surface area contributed by atoms with Gasteiger partial charge in [-0.25, -0.2) is 0 Å². The number of hydrazone groups is 1. The average Bonchev–Trinajstić information content (AvgIpc) is 3.40. The molecular formula is C35H35N5O3S. The molecule has 0 radical (unpaired) electrons. The summed E-state index contributed by atoms with van der Waals surface area (Å²) >= 11 is 1.42. The van der Waals surface area contributed by atoms with Crippen LogP contribution >= 0.6 is 11.8 Å². The van der Waals surface area contributed by atoms with Crippen LogP contribution in [0.3, 0.4) is 0 Å². The molecule has 2 fully saturated rings. The Morgan fingerprint density at radius 1 is 1.11 bits per heavy atom. The molecule has 0 saturated carbocycles. The third kappa shape index (κ3) is 6.19. The Labute approximate surface area is 261 Å². The predicted octanol–water partition coefficient (Wildman–Crippen LogP) is 7.26. The summed E-state index contributed by atoms with van der Waals surface area (Å²) in [5.74, 6) is 8.53. The summed E-state index contributed by atoms with van der Waals surface area (Å²) in [6.07, 6.45) is 7.35. The molecule has 2 N–H and O–H groups in total. The van der Waals surface area contributed by atoms with Crippen LogP contribution in [0.4, 0.5) is 4.79 Å². The van der Waals surface area contributed by atoms with E-state index >= 15 is 0 Å². The highest BCUT2D eigenvalue weighted by Crippen LogP contribution is 2.50. The quantitative estimate of drug-likeness (QED) is 0.0884. The zero-order valence-corrected chi connectivity index (χ0v) is 25.4. The van der Waals surface area contributed by atoms with E-state index in [9.17, 15) is 4.79 Å². The summed E-state index contributed by atoms with van der Waals surface area (Å²) in [6, 6.07) is 25.3. The third-order valence-electron chi connectivity index (χ3n) is 8.49. The van der Waals surface area contributed by atoms with E-state index in [0.717, 1.165) is 58.7 Å². The fourth-order valence-electron chi connectivity index (χ4n) is 6.15. The summed E-state index contributed by atoms with van der Waals surface area (Å²) in [4.78, 5) is 24.4. The maximum atomic E-state index is 13.1. The zero-order valence-electron chi connectivity index (χ0n) is 24.6. The Morgan fingerprint density at radius 3 is 2.64 bits per heavy atom. The molecule has 0 spiro atoms. The topological polar surface area (TPSA) is 102 Å². The Morgan fingerprint density at radius 2 is 1.89 bits per heavy atom. The molecule has 4 atom stereocenters. The van der Waals surface area contributed by atoms with Gasteiger partial charge in [0.05, 0.1) is 17.9 Å². The summed E-state index contributed by atoms with van der Waals surface area (Å²) in [7, 11) is 1.66. The van der Waals surface area contributed by atoms with Crippen LogP contribution in [-0.4, -0.2) is 53.3 Å². The van der Waals surface area contributed by atoms with Crippen LogP contribution in [0.25, 0.3) is 10.9 Å². The lowest BCUT2D eigenvalue weighted by atomic mass is 9.79. The molecule has 224 valence electrons. The number of carbonyl (C=O) groups is 1. The first-order valence-corrected chi connectivity index (χ1v) is 15.6. The van der Waals surface area contributed by atoms with Crippen molar-refractivity contribution in [1.29, 1.82) is 0 Å². The summed E-state index contributed by atoms with van der Waals surface area (Å²) in [5, 5.41) is 5.16. The minimum atomic E-state index is 0.0155. The number of para-hydroxylation sites is 1. The highest BCUT2D eigenvalue weighted by atomic mass is 32.2. The molecule has 4 aromatic rings. The number of thioether (sulfide) groups is 1. The van der Waals surface area contributed by atoms with Gasteiger partial charge in [-0.05, 0) is 90.9 Å². The number of carbonyl (C=O) groups excluding carboxylic acids is 1. The van der Waals surface area contributed by atoms with Gasteiger partial charge >= 0.3 is 0 Å². The molecule has 1 aromatic heterocycles. The van der Waals surface area contributed by atoms with Gasteiger partial charge in [0.25, 0.3) is 5.24 Å². The lowest BCUT2D eigenvalue weighted by Crippen LogP contribution is -2.43. The highest BCUT2D eigenvalue weighted by molar-refractivity contribution is 8.14. The maximum Gasteiger partial charge on any atom is 0.282 e. The minimum Gasteiger partial charge on any atom is -0.497 e. The molecule has 3 aromatic carbocycles. The summed E-state index contributed by atoms with van der Waals surface area (Å²) in [6.45, 7) is 5.44. The van der Waals surface area contributed by atoms with Crippen LogP contribution in [0.5, 0.6) is 17.2 Å². The van der Waals surface area contributed by atoms with Crippen LogP contribution in [0.1, 0.15) is 29.2 Å². The van der Waals surface area contributed by atoms with Crippen molar-refractivity contribution >= 4 is 39.8 Å². The number of aromatic nitrogens is 1. The van der Waals surface area contributed by atoms with Crippen LogP contribution in [-0.2, 0) is 0 Å². The van der Waals surface area contributed by atoms with Gasteiger partial charge in [0, 0.05) is 42.5 Å². The van der Waals surface area contributed by atoms with Crippen molar-refractivity contribution in [2.24, 2.45) is 27.8 Å². The van der Waals surface area contributed by atoms with Crippen LogP contribution in [0, 0.1) is 11.8 Å². The average molecular weight is 606 g/mol. The Kier molecular flexibility index (Phi) is 8.93. The summed E-state index contributed by atoms with van der Waals surface area (Å²) in [5.41, 5.74) is 3.46. The second-order valence-corrected chi connectivity index (χ2v) is 12.1. The van der Waals surface area contributed by atoms with E-state index in [1.54, 1.807) is 13.3 Å². The van der Waals surface area contributed by atoms with Crippen molar-refractivity contribution in [2.75, 3.05) is 20.2 Å². The van der Waals surface area contributed by atoms with Gasteiger partial charge in [-0.15, -0.1) is 6.58 Å². The molecule has 6 rings (SSSR count). The molecule has 0 bridgehead atoms. The van der Waals surface area contributed by atoms with Crippen molar-refractivity contribution in [3.05, 3.63) is 109 Å². The van der Waals surface area contributed by atoms with Gasteiger partial charge in [-0.2, -0.15) is 5.10 Å². The van der Waals surface area contributed by atoms with Crippen LogP contribution < -0.4 is 15.3 Å². The van der Waals surface area contributed by atoms with Gasteiger partial charge in [0.15, 0.2) is 0 Å². The number of aliphatic imine (C=N–C) groups is 1. The van der Waals surface area contributed by atoms with E-state index in [4.69, 9.17) is 20.3 Å². The van der Waals surface area contributed by atoms with E-state index in [2.05, 4.69) is 16.7 Å². The number of amides is 1. The number of ether oxygens (including phenoxy) is 2. The van der Waals surface area contributed by atoms with E-state index in [-0.39, 0.29) is 22.4 Å². The molecule has 3 heterocycles. The number of nitrogens with zero attached hydrogens (tertiary/aromatic N) is 4. The van der Waals surface area contributed by atoms with Gasteiger partial charge in [0.2, 0.25) is 0 Å². The number of benzene rings is 3. The van der Waals surface area contributed by atoms with Gasteiger partial charge in [0.1, 0.15) is 23.0 Å². The van der Waals surface area contributed by atoms with Crippen LogP contribution in [0.15, 0.2) is 108 Å². The van der Waals surface area contributed by atoms with Gasteiger partial charge < -0.3 is 20.2 Å². The molecule has 1 amide bonds. The van der Waals surface area contributed by atoms with E-state index in [1.807, 2.05) is 96.0 Å². The van der Waals surface area contributed by atoms with Gasteiger partial charge in [-0.1, -0.05) is 36.0 Å². The van der Waals surface area contributed by atoms with E-state index < -0.39 is 0 Å². The van der Waals surface area contributed by atoms with Crippen molar-refractivity contribution in [3.63, 3.8) is 0 Å². The molecule has 9 heteroatoms. The maximum absolute atomic E-state index is 13.1. The van der Waals surface area contributed by atoms with Crippen molar-refractivity contribution in [3.8, 4) is 17.2 Å². The minimum absolute atomic E-state index is 0.0155. The first-order chi connectivity index (χ1) is 21.6. The number of pyridine rings is 1. The molecule has 2 aliphatic heterocycles. The monoisotopic (exact) mass is 605 g/mol. The SMILES string of the molecule is C=C[C@@H](CN=C/C(=N\N)c1ccc(Oc2ccccc2)cc1)[C@H]1CCN2C(=O)S[C@@H](c3ccnc4ccc(OC)cc34)[C@@H]2C1. The Bertz CT molecular complexity index is 1690. The van der Waals surface area contributed by atoms with E-state index in [1.165, 1.54) is 11.8 Å². The van der Waals surface area contributed by atoms with Crippen molar-refractivity contribution in [2.45, 2.75) is 24.1 Å². The number of nitrogens with two attached hydrogens (primary N) is 1. The number of rotatable bonds is 10. The smallest absolute Gasteiger partial charge is 0.282 e. The molecule has 0 aliphatic carbocycles. The van der Waals surface area contributed by atoms with Crippen LogP contribution in [0.2, 0.25) is 0 Å². The molecular weight excluding hydrogens is 570 g/mol. The number of hydrogen-bond donors (Lipinski definition) is 1. The lowest BCUT2D eigenvalue weighted by molar-refractivity contribution is 0.136. The molecule has 8 nitrogen and oxygen atoms in total. The predicted molar refractivity (Wildman–Crippen MR) is 178 cm³/mol. The Hall–Kier alpha value is -4.63. The van der Waals surface area contributed by atoms with Crippen molar-refractivity contribution < 1.29 is 14.3 Å². The standard InChI is InChI=1S/C35H35N5O3S/c1-3-23(21-37-22-32(39-36)24-9-11-27(12-10-24)43-26-7-5-4-6-8-26)25-16-18-40-33(19-25)34(44-35(40)41)29-15-17-38-31-14-13-28(42-2)20-30(29)31/h3-15,17,20,22-23,25,33-34H,1,16,18-19,21,36H2,2H3/b37-22?,39-32+/t23-,25-,33-,34-/m0/s1. The molecule has 44 heavy (non-hydrogen) atoms.